The number of carbonyl (C=O) groups excluding carboxylic acids is 1. The van der Waals surface area contributed by atoms with Gasteiger partial charge in [0.05, 0.1) is 4.90 Å². The largest absolute Gasteiger partial charge is 0.378 e. The fraction of sp³-hybridized carbons (Fsp3) is 0.300. The second-order valence-corrected chi connectivity index (χ2v) is 8.54. The average Bonchev–Trinajstić information content (AvgIpc) is 3.06. The molecule has 2 aromatic carbocycles. The van der Waals surface area contributed by atoms with Gasteiger partial charge in [-0.25, -0.2) is 0 Å². The van der Waals surface area contributed by atoms with E-state index in [0.717, 1.165) is 18.7 Å². The minimum absolute atomic E-state index is 0.105. The van der Waals surface area contributed by atoms with Crippen LogP contribution in [0.5, 0.6) is 0 Å². The van der Waals surface area contributed by atoms with Gasteiger partial charge in [-0.1, -0.05) is 6.07 Å². The summed E-state index contributed by atoms with van der Waals surface area (Å²) in [6.45, 7) is 0.814. The Morgan fingerprint density at radius 2 is 1.86 bits per heavy atom. The van der Waals surface area contributed by atoms with Gasteiger partial charge in [-0.15, -0.1) is 4.40 Å². The molecule has 1 N–H and O–H groups in total. The fourth-order valence-electron chi connectivity index (χ4n) is 2.94. The maximum Gasteiger partial charge on any atom is 0.283 e. The van der Waals surface area contributed by atoms with Crippen LogP contribution in [0.25, 0.3) is 0 Å². The van der Waals surface area contributed by atoms with Gasteiger partial charge >= 0.3 is 0 Å². The number of benzene rings is 2. The monoisotopic (exact) mass is 400 g/mol. The van der Waals surface area contributed by atoms with Gasteiger partial charge in [0.25, 0.3) is 15.9 Å². The molecule has 0 spiro atoms. The van der Waals surface area contributed by atoms with Crippen molar-refractivity contribution in [3.8, 4) is 0 Å². The normalized spacial score (nSPS) is 15.7. The molecule has 1 saturated heterocycles. The zero-order valence-corrected chi connectivity index (χ0v) is 17.0. The Bertz CT molecular complexity index is 998. The Balaban J connectivity index is 1.74. The first-order chi connectivity index (χ1) is 13.3. The van der Waals surface area contributed by atoms with Gasteiger partial charge in [0, 0.05) is 51.0 Å². The smallest absolute Gasteiger partial charge is 0.283 e. The van der Waals surface area contributed by atoms with Gasteiger partial charge in [-0.3, -0.25) is 4.79 Å². The lowest BCUT2D eigenvalue weighted by atomic mass is 10.1. The number of rotatable bonds is 5. The van der Waals surface area contributed by atoms with E-state index in [2.05, 4.69) is 9.71 Å². The number of likely N-dealkylation sites (tertiary alicyclic amines) is 1. The lowest BCUT2D eigenvalue weighted by Crippen LogP contribution is -2.20. The average molecular weight is 401 g/mol. The summed E-state index contributed by atoms with van der Waals surface area (Å²) in [6.07, 6.45) is 1.57. The molecule has 3 rings (SSSR count). The van der Waals surface area contributed by atoms with E-state index in [1.807, 2.05) is 43.1 Å². The number of amidine groups is 1. The molecule has 28 heavy (non-hydrogen) atoms. The van der Waals surface area contributed by atoms with Crippen molar-refractivity contribution in [2.45, 2.75) is 17.7 Å². The molecule has 1 aliphatic heterocycles. The first kappa shape index (κ1) is 19.9. The molecule has 8 heteroatoms. The van der Waals surface area contributed by atoms with E-state index in [9.17, 15) is 13.2 Å². The maximum absolute atomic E-state index is 12.5. The molecule has 0 atom stereocenters. The molecule has 7 nitrogen and oxygen atoms in total. The molecule has 1 fully saturated rings. The van der Waals surface area contributed by atoms with Crippen molar-refractivity contribution in [1.82, 2.24) is 4.90 Å². The molecule has 1 amide bonds. The Labute approximate surface area is 165 Å². The number of hydrogen-bond donors (Lipinski definition) is 1. The third kappa shape index (κ3) is 4.51. The van der Waals surface area contributed by atoms with Crippen LogP contribution < -0.4 is 10.2 Å². The molecule has 0 bridgehead atoms. The van der Waals surface area contributed by atoms with Crippen molar-refractivity contribution >= 4 is 33.1 Å². The third-order valence-electron chi connectivity index (χ3n) is 4.59. The predicted octanol–water partition coefficient (Wildman–Crippen LogP) is 2.82. The van der Waals surface area contributed by atoms with Gasteiger partial charge < -0.3 is 15.1 Å². The Kier molecular flexibility index (Phi) is 5.69. The van der Waals surface area contributed by atoms with E-state index in [4.69, 9.17) is 0 Å². The van der Waals surface area contributed by atoms with Crippen LogP contribution in [-0.2, 0) is 10.0 Å². The van der Waals surface area contributed by atoms with E-state index in [1.165, 1.54) is 12.1 Å². The number of amides is 1. The van der Waals surface area contributed by atoms with Gasteiger partial charge in [-0.2, -0.15) is 8.42 Å². The molecular formula is C20H24N4O3S. The van der Waals surface area contributed by atoms with Crippen molar-refractivity contribution in [1.29, 1.82) is 0 Å². The molecule has 0 aliphatic carbocycles. The highest BCUT2D eigenvalue weighted by Crippen LogP contribution is 2.20. The number of nitrogens with zero attached hydrogens (tertiary/aromatic N) is 3. The second kappa shape index (κ2) is 8.02. The summed E-state index contributed by atoms with van der Waals surface area (Å²) >= 11 is 0. The fourth-order valence-corrected chi connectivity index (χ4v) is 4.03. The zero-order valence-electron chi connectivity index (χ0n) is 16.2. The van der Waals surface area contributed by atoms with E-state index in [-0.39, 0.29) is 10.8 Å². The van der Waals surface area contributed by atoms with E-state index < -0.39 is 10.0 Å². The molecule has 1 heterocycles. The molecule has 0 radical (unpaired) electrons. The zero-order chi connectivity index (χ0) is 20.3. The molecule has 0 unspecified atom stereocenters. The lowest BCUT2D eigenvalue weighted by Gasteiger charge is -2.13. The SMILES string of the molecule is CN1CCC/C1=N\S(=O)(=O)c1ccc(NC(=O)c2cccc(N(C)C)c2)cc1. The second-order valence-electron chi connectivity index (χ2n) is 6.93. The van der Waals surface area contributed by atoms with E-state index >= 15 is 0 Å². The van der Waals surface area contributed by atoms with E-state index in [0.29, 0.717) is 23.5 Å². The molecule has 1 aliphatic rings. The maximum atomic E-state index is 12.5. The topological polar surface area (TPSA) is 82.1 Å². The summed E-state index contributed by atoms with van der Waals surface area (Å²) < 4.78 is 28.9. The summed E-state index contributed by atoms with van der Waals surface area (Å²) in [5.41, 5.74) is 1.97. The van der Waals surface area contributed by atoms with Crippen LogP contribution >= 0.6 is 0 Å². The van der Waals surface area contributed by atoms with Gasteiger partial charge in [0.15, 0.2) is 0 Å². The highest BCUT2D eigenvalue weighted by molar-refractivity contribution is 7.90. The highest BCUT2D eigenvalue weighted by atomic mass is 32.2. The summed E-state index contributed by atoms with van der Waals surface area (Å²) in [5, 5.41) is 2.79. The van der Waals surface area contributed by atoms with Crippen LogP contribution in [0.1, 0.15) is 23.2 Å². The molecule has 0 saturated carbocycles. The molecule has 0 aromatic heterocycles. The predicted molar refractivity (Wildman–Crippen MR) is 112 cm³/mol. The van der Waals surface area contributed by atoms with Gasteiger partial charge in [0.1, 0.15) is 5.84 Å². The number of anilines is 2. The van der Waals surface area contributed by atoms with Crippen LogP contribution in [0.4, 0.5) is 11.4 Å². The minimum atomic E-state index is -3.76. The summed E-state index contributed by atoms with van der Waals surface area (Å²) in [7, 11) is 1.89. The van der Waals surface area contributed by atoms with Crippen LogP contribution in [-0.4, -0.2) is 52.7 Å². The first-order valence-electron chi connectivity index (χ1n) is 9.00. The number of nitrogens with one attached hydrogen (secondary N) is 1. The Morgan fingerprint density at radius 1 is 1.14 bits per heavy atom. The van der Waals surface area contributed by atoms with Crippen molar-refractivity contribution in [3.63, 3.8) is 0 Å². The van der Waals surface area contributed by atoms with Crippen LogP contribution in [0.3, 0.4) is 0 Å². The van der Waals surface area contributed by atoms with Crippen LogP contribution in [0.15, 0.2) is 57.8 Å². The molecular weight excluding hydrogens is 376 g/mol. The van der Waals surface area contributed by atoms with Gasteiger partial charge in [0.2, 0.25) is 0 Å². The molecule has 2 aromatic rings. The Morgan fingerprint density at radius 3 is 2.46 bits per heavy atom. The van der Waals surface area contributed by atoms with Crippen LogP contribution in [0.2, 0.25) is 0 Å². The van der Waals surface area contributed by atoms with Crippen molar-refractivity contribution in [2.24, 2.45) is 4.40 Å². The first-order valence-corrected chi connectivity index (χ1v) is 10.4. The van der Waals surface area contributed by atoms with E-state index in [1.54, 1.807) is 24.3 Å². The molecule has 148 valence electrons. The van der Waals surface area contributed by atoms with Crippen molar-refractivity contribution in [3.05, 3.63) is 54.1 Å². The van der Waals surface area contributed by atoms with Crippen molar-refractivity contribution in [2.75, 3.05) is 37.9 Å². The van der Waals surface area contributed by atoms with Crippen molar-refractivity contribution < 1.29 is 13.2 Å². The lowest BCUT2D eigenvalue weighted by molar-refractivity contribution is 0.102. The number of sulfonamides is 1. The number of carbonyl (C=O) groups is 1. The number of hydrogen-bond acceptors (Lipinski definition) is 4. The standard InChI is InChI=1S/C20H24N4O3S/c1-23(2)17-7-4-6-15(14-17)20(25)21-16-9-11-18(12-10-16)28(26,27)22-19-8-5-13-24(19)3/h4,6-7,9-12,14H,5,8,13H2,1-3H3,(H,21,25)/b22-19+. The quantitative estimate of drug-likeness (QED) is 0.835. The highest BCUT2D eigenvalue weighted by Gasteiger charge is 2.20. The summed E-state index contributed by atoms with van der Waals surface area (Å²) in [4.78, 5) is 16.3. The summed E-state index contributed by atoms with van der Waals surface area (Å²) in [5.74, 6) is 0.324. The van der Waals surface area contributed by atoms with Gasteiger partial charge in [-0.05, 0) is 48.9 Å². The van der Waals surface area contributed by atoms with Crippen LogP contribution in [0, 0.1) is 0 Å². The minimum Gasteiger partial charge on any atom is -0.378 e. The summed E-state index contributed by atoms with van der Waals surface area (Å²) in [6, 6.07) is 13.3. The third-order valence-corrected chi connectivity index (χ3v) is 5.91. The Hall–Kier alpha value is -2.87.